The van der Waals surface area contributed by atoms with Crippen LogP contribution in [-0.2, 0) is 11.8 Å². The van der Waals surface area contributed by atoms with Crippen molar-refractivity contribution in [1.82, 2.24) is 29.5 Å². The first kappa shape index (κ1) is 12.3. The molecule has 102 valence electrons. The van der Waals surface area contributed by atoms with Gasteiger partial charge >= 0.3 is 5.97 Å². The van der Waals surface area contributed by atoms with Gasteiger partial charge in [-0.3, -0.25) is 4.68 Å². The van der Waals surface area contributed by atoms with Crippen LogP contribution in [0.15, 0.2) is 24.9 Å². The summed E-state index contributed by atoms with van der Waals surface area (Å²) < 4.78 is 8.09. The fourth-order valence-corrected chi connectivity index (χ4v) is 1.89. The summed E-state index contributed by atoms with van der Waals surface area (Å²) in [5.74, 6) is 0.161. The molecule has 0 saturated heterocycles. The summed E-state index contributed by atoms with van der Waals surface area (Å²) in [4.78, 5) is 20.0. The van der Waals surface area contributed by atoms with Crippen molar-refractivity contribution >= 4 is 17.0 Å². The van der Waals surface area contributed by atoms with Gasteiger partial charge in [0.25, 0.3) is 0 Å². The number of fused-ring (bicyclic) bond motifs is 1. The van der Waals surface area contributed by atoms with E-state index in [0.717, 1.165) is 5.39 Å². The summed E-state index contributed by atoms with van der Waals surface area (Å²) in [6.07, 6.45) is 6.12. The molecule has 3 aromatic rings. The van der Waals surface area contributed by atoms with Gasteiger partial charge in [0.15, 0.2) is 11.5 Å². The largest absolute Gasteiger partial charge is 0.462 e. The lowest BCUT2D eigenvalue weighted by atomic mass is 10.3. The fraction of sp³-hybridized carbons (Fsp3) is 0.250. The molecule has 0 aromatic carbocycles. The van der Waals surface area contributed by atoms with Crippen LogP contribution in [0, 0.1) is 0 Å². The van der Waals surface area contributed by atoms with Crippen molar-refractivity contribution in [2.24, 2.45) is 7.05 Å². The van der Waals surface area contributed by atoms with Crippen molar-refractivity contribution in [3.8, 4) is 5.82 Å². The molecule has 0 aliphatic carbocycles. The normalized spacial score (nSPS) is 10.9. The number of carbonyl (C=O) groups is 1. The van der Waals surface area contributed by atoms with Crippen molar-refractivity contribution in [3.05, 3.63) is 30.5 Å². The van der Waals surface area contributed by atoms with E-state index in [9.17, 15) is 4.79 Å². The average molecular weight is 272 g/mol. The van der Waals surface area contributed by atoms with E-state index in [1.807, 2.05) is 0 Å². The Morgan fingerprint density at radius 1 is 1.30 bits per heavy atom. The summed E-state index contributed by atoms with van der Waals surface area (Å²) in [6.45, 7) is 2.08. The van der Waals surface area contributed by atoms with E-state index in [1.54, 1.807) is 31.0 Å². The monoisotopic (exact) mass is 272 g/mol. The molecule has 8 nitrogen and oxygen atoms in total. The zero-order chi connectivity index (χ0) is 14.1. The maximum absolute atomic E-state index is 11.6. The van der Waals surface area contributed by atoms with E-state index in [2.05, 4.69) is 20.2 Å². The molecule has 8 heteroatoms. The Morgan fingerprint density at radius 3 is 2.95 bits per heavy atom. The number of aryl methyl sites for hydroxylation is 1. The molecule has 0 bridgehead atoms. The summed E-state index contributed by atoms with van der Waals surface area (Å²) in [7, 11) is 1.80. The SMILES string of the molecule is CCOC(=O)c1cnn(-c2ncnc3c2cnn3C)c1. The number of hydrogen-bond donors (Lipinski definition) is 0. The molecule has 0 radical (unpaired) electrons. The van der Waals surface area contributed by atoms with Gasteiger partial charge in [0.1, 0.15) is 6.33 Å². The highest BCUT2D eigenvalue weighted by atomic mass is 16.5. The first-order valence-electron chi connectivity index (χ1n) is 6.05. The Bertz CT molecular complexity index is 775. The third-order valence-corrected chi connectivity index (χ3v) is 2.82. The first-order valence-corrected chi connectivity index (χ1v) is 6.05. The predicted octanol–water partition coefficient (Wildman–Crippen LogP) is 0.726. The Morgan fingerprint density at radius 2 is 2.15 bits per heavy atom. The van der Waals surface area contributed by atoms with Crippen LogP contribution >= 0.6 is 0 Å². The number of hydrogen-bond acceptors (Lipinski definition) is 6. The topological polar surface area (TPSA) is 87.7 Å². The molecule has 0 amide bonds. The first-order chi connectivity index (χ1) is 9.70. The second-order valence-electron chi connectivity index (χ2n) is 4.10. The smallest absolute Gasteiger partial charge is 0.341 e. The summed E-state index contributed by atoms with van der Waals surface area (Å²) in [5, 5.41) is 9.03. The van der Waals surface area contributed by atoms with Crippen LogP contribution in [0.2, 0.25) is 0 Å². The molecule has 3 rings (SSSR count). The van der Waals surface area contributed by atoms with Crippen molar-refractivity contribution in [2.75, 3.05) is 6.61 Å². The molecular weight excluding hydrogens is 260 g/mol. The van der Waals surface area contributed by atoms with Crippen molar-refractivity contribution in [3.63, 3.8) is 0 Å². The van der Waals surface area contributed by atoms with Crippen LogP contribution in [0.5, 0.6) is 0 Å². The van der Waals surface area contributed by atoms with E-state index < -0.39 is 5.97 Å². The molecule has 3 aromatic heterocycles. The van der Waals surface area contributed by atoms with Gasteiger partial charge in [-0.1, -0.05) is 0 Å². The van der Waals surface area contributed by atoms with E-state index in [1.165, 1.54) is 17.2 Å². The predicted molar refractivity (Wildman–Crippen MR) is 69.4 cm³/mol. The van der Waals surface area contributed by atoms with Gasteiger partial charge in [-0.2, -0.15) is 10.2 Å². The Balaban J connectivity index is 2.05. The number of carbonyl (C=O) groups excluding carboxylic acids is 1. The van der Waals surface area contributed by atoms with Crippen LogP contribution in [0.25, 0.3) is 16.9 Å². The summed E-state index contributed by atoms with van der Waals surface area (Å²) >= 11 is 0. The van der Waals surface area contributed by atoms with E-state index >= 15 is 0 Å². The number of esters is 1. The van der Waals surface area contributed by atoms with Crippen LogP contribution in [0.4, 0.5) is 0 Å². The maximum Gasteiger partial charge on any atom is 0.341 e. The average Bonchev–Trinajstić information content (AvgIpc) is 3.07. The lowest BCUT2D eigenvalue weighted by Gasteiger charge is -2.01. The van der Waals surface area contributed by atoms with Gasteiger partial charge in [-0.05, 0) is 6.92 Å². The zero-order valence-corrected chi connectivity index (χ0v) is 11.0. The van der Waals surface area contributed by atoms with E-state index in [0.29, 0.717) is 23.6 Å². The van der Waals surface area contributed by atoms with Crippen molar-refractivity contribution < 1.29 is 9.53 Å². The minimum atomic E-state index is -0.407. The lowest BCUT2D eigenvalue weighted by molar-refractivity contribution is 0.0526. The molecule has 3 heterocycles. The fourth-order valence-electron chi connectivity index (χ4n) is 1.89. The molecule has 0 atom stereocenters. The second kappa shape index (κ2) is 4.72. The van der Waals surface area contributed by atoms with Gasteiger partial charge in [-0.25, -0.2) is 19.4 Å². The summed E-state index contributed by atoms with van der Waals surface area (Å²) in [5.41, 5.74) is 1.07. The Kier molecular flexibility index (Phi) is 2.90. The number of nitrogens with zero attached hydrogens (tertiary/aromatic N) is 6. The third kappa shape index (κ3) is 1.91. The molecule has 0 unspecified atom stereocenters. The molecule has 0 spiro atoms. The second-order valence-corrected chi connectivity index (χ2v) is 4.10. The highest BCUT2D eigenvalue weighted by Gasteiger charge is 2.14. The Labute approximate surface area is 114 Å². The molecule has 0 saturated carbocycles. The minimum absolute atomic E-state index is 0.324. The van der Waals surface area contributed by atoms with Gasteiger partial charge in [0.05, 0.1) is 30.0 Å². The number of ether oxygens (including phenoxy) is 1. The molecule has 20 heavy (non-hydrogen) atoms. The van der Waals surface area contributed by atoms with Crippen LogP contribution in [0.3, 0.4) is 0 Å². The highest BCUT2D eigenvalue weighted by Crippen LogP contribution is 2.17. The van der Waals surface area contributed by atoms with Gasteiger partial charge in [0, 0.05) is 13.2 Å². The third-order valence-electron chi connectivity index (χ3n) is 2.82. The van der Waals surface area contributed by atoms with Crippen LogP contribution < -0.4 is 0 Å². The molecule has 0 N–H and O–H groups in total. The van der Waals surface area contributed by atoms with Crippen molar-refractivity contribution in [2.45, 2.75) is 6.92 Å². The number of aromatic nitrogens is 6. The molecular formula is C12H12N6O2. The van der Waals surface area contributed by atoms with Crippen LogP contribution in [-0.4, -0.2) is 42.1 Å². The lowest BCUT2D eigenvalue weighted by Crippen LogP contribution is -2.04. The Hall–Kier alpha value is -2.77. The van der Waals surface area contributed by atoms with Gasteiger partial charge in [0.2, 0.25) is 0 Å². The summed E-state index contributed by atoms with van der Waals surface area (Å²) in [6, 6.07) is 0. The standard InChI is InChI=1S/C12H12N6O2/c1-3-20-12(19)8-4-16-18(6-8)11-9-5-15-17(2)10(9)13-7-14-11/h4-7H,3H2,1-2H3. The zero-order valence-electron chi connectivity index (χ0n) is 11.0. The highest BCUT2D eigenvalue weighted by molar-refractivity contribution is 5.89. The molecule has 0 aliphatic rings. The van der Waals surface area contributed by atoms with Gasteiger partial charge < -0.3 is 4.74 Å². The van der Waals surface area contributed by atoms with Gasteiger partial charge in [-0.15, -0.1) is 0 Å². The van der Waals surface area contributed by atoms with Crippen molar-refractivity contribution in [1.29, 1.82) is 0 Å². The van der Waals surface area contributed by atoms with E-state index in [4.69, 9.17) is 4.74 Å². The van der Waals surface area contributed by atoms with E-state index in [-0.39, 0.29) is 0 Å². The minimum Gasteiger partial charge on any atom is -0.462 e. The molecule has 0 aliphatic heterocycles. The quantitative estimate of drug-likeness (QED) is 0.653. The molecule has 0 fully saturated rings. The van der Waals surface area contributed by atoms with Crippen LogP contribution in [0.1, 0.15) is 17.3 Å². The number of rotatable bonds is 3. The maximum atomic E-state index is 11.6.